The fourth-order valence-electron chi connectivity index (χ4n) is 1.78. The van der Waals surface area contributed by atoms with Gasteiger partial charge < -0.3 is 19.3 Å². The molecule has 1 heterocycles. The summed E-state index contributed by atoms with van der Waals surface area (Å²) in [5.41, 5.74) is -0.178. The number of benzene rings is 1. The van der Waals surface area contributed by atoms with Crippen LogP contribution in [0.4, 0.5) is 4.39 Å². The number of aliphatic hydroxyl groups excluding tert-OH is 1. The lowest BCUT2D eigenvalue weighted by molar-refractivity contribution is -0.153. The zero-order chi connectivity index (χ0) is 13.8. The highest BCUT2D eigenvalue weighted by Crippen LogP contribution is 2.36. The topological polar surface area (TPSA) is 65.0 Å². The van der Waals surface area contributed by atoms with Crippen LogP contribution in [0.1, 0.15) is 25.0 Å². The molecule has 0 spiro atoms. The van der Waals surface area contributed by atoms with Crippen molar-refractivity contribution < 1.29 is 28.5 Å². The van der Waals surface area contributed by atoms with E-state index in [1.54, 1.807) is 6.92 Å². The number of fused-ring (bicyclic) bond motifs is 1. The van der Waals surface area contributed by atoms with Gasteiger partial charge in [0.2, 0.25) is 0 Å². The fourth-order valence-corrected chi connectivity index (χ4v) is 1.78. The number of esters is 1. The van der Waals surface area contributed by atoms with Gasteiger partial charge in [0, 0.05) is 12.0 Å². The van der Waals surface area contributed by atoms with Crippen LogP contribution in [0.5, 0.6) is 11.5 Å². The summed E-state index contributed by atoms with van der Waals surface area (Å²) in [7, 11) is 0. The first kappa shape index (κ1) is 13.6. The predicted molar refractivity (Wildman–Crippen MR) is 63.6 cm³/mol. The standard InChI is InChI=1S/C13H15FO5/c1-2-17-13(16)11(15)8-4-5-9-12(10(8)14)19-7-3-6-18-9/h4-5,11,15H,2-3,6-7H2,1H3. The molecule has 1 aliphatic heterocycles. The summed E-state index contributed by atoms with van der Waals surface area (Å²) in [5, 5.41) is 9.76. The lowest BCUT2D eigenvalue weighted by Gasteiger charge is -2.14. The number of ether oxygens (including phenoxy) is 3. The molecular weight excluding hydrogens is 255 g/mol. The molecule has 0 radical (unpaired) electrons. The van der Waals surface area contributed by atoms with Gasteiger partial charge in [0.15, 0.2) is 23.4 Å². The van der Waals surface area contributed by atoms with E-state index in [4.69, 9.17) is 9.47 Å². The maximum absolute atomic E-state index is 14.2. The van der Waals surface area contributed by atoms with E-state index < -0.39 is 17.9 Å². The van der Waals surface area contributed by atoms with E-state index in [-0.39, 0.29) is 23.7 Å². The molecule has 0 aliphatic carbocycles. The van der Waals surface area contributed by atoms with Gasteiger partial charge in [-0.25, -0.2) is 9.18 Å². The van der Waals surface area contributed by atoms with E-state index in [9.17, 15) is 14.3 Å². The molecule has 2 rings (SSSR count). The van der Waals surface area contributed by atoms with Crippen LogP contribution in [0.2, 0.25) is 0 Å². The molecule has 0 fully saturated rings. The van der Waals surface area contributed by atoms with Crippen LogP contribution in [0, 0.1) is 5.82 Å². The van der Waals surface area contributed by atoms with Gasteiger partial charge in [-0.15, -0.1) is 0 Å². The van der Waals surface area contributed by atoms with Gasteiger partial charge in [-0.3, -0.25) is 0 Å². The second kappa shape index (κ2) is 5.88. The third-order valence-electron chi connectivity index (χ3n) is 2.69. The maximum Gasteiger partial charge on any atom is 0.339 e. The smallest absolute Gasteiger partial charge is 0.339 e. The second-order valence-corrected chi connectivity index (χ2v) is 4.00. The van der Waals surface area contributed by atoms with Crippen molar-refractivity contribution in [3.05, 3.63) is 23.5 Å². The summed E-state index contributed by atoms with van der Waals surface area (Å²) in [5.74, 6) is -1.48. The van der Waals surface area contributed by atoms with E-state index in [0.717, 1.165) is 0 Å². The van der Waals surface area contributed by atoms with Crippen molar-refractivity contribution in [3.8, 4) is 11.5 Å². The molecule has 0 saturated carbocycles. The number of hydrogen-bond acceptors (Lipinski definition) is 5. The minimum absolute atomic E-state index is 0.0710. The molecule has 1 aromatic carbocycles. The Morgan fingerprint density at radius 3 is 2.95 bits per heavy atom. The third-order valence-corrected chi connectivity index (χ3v) is 2.69. The van der Waals surface area contributed by atoms with E-state index in [1.807, 2.05) is 0 Å². The predicted octanol–water partition coefficient (Wildman–Crippen LogP) is 1.58. The molecule has 104 valence electrons. The first-order valence-corrected chi connectivity index (χ1v) is 6.07. The third kappa shape index (κ3) is 2.78. The quantitative estimate of drug-likeness (QED) is 0.845. The Morgan fingerprint density at radius 1 is 1.47 bits per heavy atom. The highest BCUT2D eigenvalue weighted by atomic mass is 19.1. The van der Waals surface area contributed by atoms with Gasteiger partial charge >= 0.3 is 5.97 Å². The van der Waals surface area contributed by atoms with Crippen molar-refractivity contribution in [2.24, 2.45) is 0 Å². The molecule has 1 unspecified atom stereocenters. The summed E-state index contributed by atoms with van der Waals surface area (Å²) >= 11 is 0. The Labute approximate surface area is 109 Å². The van der Waals surface area contributed by atoms with E-state index in [1.165, 1.54) is 12.1 Å². The highest BCUT2D eigenvalue weighted by Gasteiger charge is 2.27. The van der Waals surface area contributed by atoms with E-state index >= 15 is 0 Å². The molecule has 6 heteroatoms. The molecule has 19 heavy (non-hydrogen) atoms. The van der Waals surface area contributed by atoms with Gasteiger partial charge in [-0.1, -0.05) is 0 Å². The number of rotatable bonds is 3. The van der Waals surface area contributed by atoms with E-state index in [0.29, 0.717) is 19.6 Å². The summed E-state index contributed by atoms with van der Waals surface area (Å²) < 4.78 is 29.4. The zero-order valence-corrected chi connectivity index (χ0v) is 10.5. The fraction of sp³-hybridized carbons (Fsp3) is 0.462. The monoisotopic (exact) mass is 270 g/mol. The normalized spacial score (nSPS) is 15.5. The van der Waals surface area contributed by atoms with Crippen LogP contribution in [-0.2, 0) is 9.53 Å². The zero-order valence-electron chi connectivity index (χ0n) is 10.5. The molecular formula is C13H15FO5. The number of carbonyl (C=O) groups is 1. The summed E-state index contributed by atoms with van der Waals surface area (Å²) in [4.78, 5) is 11.4. The molecule has 1 aliphatic rings. The van der Waals surface area contributed by atoms with Crippen LogP contribution < -0.4 is 9.47 Å². The van der Waals surface area contributed by atoms with Crippen molar-refractivity contribution in [2.45, 2.75) is 19.4 Å². The van der Waals surface area contributed by atoms with Gasteiger partial charge in [0.1, 0.15) is 0 Å². The van der Waals surface area contributed by atoms with Gasteiger partial charge in [0.05, 0.1) is 19.8 Å². The van der Waals surface area contributed by atoms with Crippen LogP contribution in [-0.4, -0.2) is 30.9 Å². The first-order valence-electron chi connectivity index (χ1n) is 6.07. The molecule has 0 bridgehead atoms. The van der Waals surface area contributed by atoms with Crippen molar-refractivity contribution in [2.75, 3.05) is 19.8 Å². The van der Waals surface area contributed by atoms with Crippen LogP contribution in [0.25, 0.3) is 0 Å². The molecule has 1 atom stereocenters. The van der Waals surface area contributed by atoms with E-state index in [2.05, 4.69) is 4.74 Å². The second-order valence-electron chi connectivity index (χ2n) is 4.00. The van der Waals surface area contributed by atoms with Crippen LogP contribution in [0.3, 0.4) is 0 Å². The highest BCUT2D eigenvalue weighted by molar-refractivity contribution is 5.76. The van der Waals surface area contributed by atoms with Gasteiger partial charge in [-0.2, -0.15) is 0 Å². The summed E-state index contributed by atoms with van der Waals surface area (Å²) in [6, 6.07) is 2.77. The van der Waals surface area contributed by atoms with Crippen molar-refractivity contribution >= 4 is 5.97 Å². The Kier molecular flexibility index (Phi) is 4.21. The molecule has 0 amide bonds. The number of hydrogen-bond donors (Lipinski definition) is 1. The van der Waals surface area contributed by atoms with Crippen LogP contribution in [0.15, 0.2) is 12.1 Å². The lowest BCUT2D eigenvalue weighted by atomic mass is 10.1. The number of aliphatic hydroxyl groups is 1. The largest absolute Gasteiger partial charge is 0.489 e. The first-order chi connectivity index (χ1) is 9.15. The van der Waals surface area contributed by atoms with Gasteiger partial charge in [-0.05, 0) is 19.1 Å². The minimum atomic E-state index is -1.67. The summed E-state index contributed by atoms with van der Waals surface area (Å²) in [6.45, 7) is 2.48. The SMILES string of the molecule is CCOC(=O)C(O)c1ccc2c(c1F)OCCCO2. The van der Waals surface area contributed by atoms with Crippen LogP contribution >= 0.6 is 0 Å². The van der Waals surface area contributed by atoms with Gasteiger partial charge in [0.25, 0.3) is 0 Å². The van der Waals surface area contributed by atoms with Crippen molar-refractivity contribution in [1.82, 2.24) is 0 Å². The molecule has 0 aromatic heterocycles. The Hall–Kier alpha value is -1.82. The molecule has 5 nitrogen and oxygen atoms in total. The minimum Gasteiger partial charge on any atom is -0.489 e. The van der Waals surface area contributed by atoms with Crippen molar-refractivity contribution in [1.29, 1.82) is 0 Å². The Bertz CT molecular complexity index is 474. The number of carbonyl (C=O) groups excluding carboxylic acids is 1. The lowest BCUT2D eigenvalue weighted by Crippen LogP contribution is -2.17. The molecule has 0 saturated heterocycles. The Balaban J connectivity index is 2.32. The Morgan fingerprint density at radius 2 is 2.21 bits per heavy atom. The maximum atomic E-state index is 14.2. The van der Waals surface area contributed by atoms with Crippen molar-refractivity contribution in [3.63, 3.8) is 0 Å². The summed E-state index contributed by atoms with van der Waals surface area (Å²) in [6.07, 6.45) is -1.03. The number of halogens is 1. The molecule has 1 N–H and O–H groups in total. The average Bonchev–Trinajstić information content (AvgIpc) is 2.64. The molecule has 1 aromatic rings. The average molecular weight is 270 g/mol.